The normalized spacial score (nSPS) is 11.1. The molecule has 0 spiro atoms. The molecule has 0 atom stereocenters. The van der Waals surface area contributed by atoms with Gasteiger partial charge in [-0.15, -0.1) is 0 Å². The lowest BCUT2D eigenvalue weighted by atomic mass is 9.96. The van der Waals surface area contributed by atoms with Crippen molar-refractivity contribution in [3.05, 3.63) is 42.4 Å². The predicted octanol–water partition coefficient (Wildman–Crippen LogP) is 3.15. The SMILES string of the molecule is CC(C)(C)C(=O)Nc1ccc(-c2cncc(CCC(=O)O)c2)cn1. The van der Waals surface area contributed by atoms with E-state index in [4.69, 9.17) is 5.11 Å². The van der Waals surface area contributed by atoms with Gasteiger partial charge in [0.25, 0.3) is 0 Å². The molecule has 0 aliphatic rings. The van der Waals surface area contributed by atoms with Gasteiger partial charge < -0.3 is 10.4 Å². The Hall–Kier alpha value is -2.76. The second kappa shape index (κ2) is 7.21. The highest BCUT2D eigenvalue weighted by atomic mass is 16.4. The summed E-state index contributed by atoms with van der Waals surface area (Å²) in [5.41, 5.74) is 2.09. The molecule has 0 aromatic carbocycles. The van der Waals surface area contributed by atoms with Crippen molar-refractivity contribution in [1.82, 2.24) is 9.97 Å². The Morgan fingerprint density at radius 3 is 2.46 bits per heavy atom. The first kappa shape index (κ1) is 17.6. The van der Waals surface area contributed by atoms with E-state index in [1.165, 1.54) is 0 Å². The van der Waals surface area contributed by atoms with Crippen molar-refractivity contribution < 1.29 is 14.7 Å². The van der Waals surface area contributed by atoms with Crippen molar-refractivity contribution in [3.8, 4) is 11.1 Å². The Morgan fingerprint density at radius 2 is 1.88 bits per heavy atom. The summed E-state index contributed by atoms with van der Waals surface area (Å²) in [5.74, 6) is -0.435. The van der Waals surface area contributed by atoms with Crippen LogP contribution in [0.2, 0.25) is 0 Å². The van der Waals surface area contributed by atoms with Crippen molar-refractivity contribution in [2.24, 2.45) is 5.41 Å². The molecule has 0 aliphatic heterocycles. The topological polar surface area (TPSA) is 92.2 Å². The van der Waals surface area contributed by atoms with Gasteiger partial charge in [-0.2, -0.15) is 0 Å². The predicted molar refractivity (Wildman–Crippen MR) is 91.5 cm³/mol. The zero-order valence-electron chi connectivity index (χ0n) is 14.0. The lowest BCUT2D eigenvalue weighted by Gasteiger charge is -2.17. The van der Waals surface area contributed by atoms with Gasteiger partial charge in [0, 0.05) is 41.6 Å². The second-order valence-electron chi connectivity index (χ2n) is 6.61. The van der Waals surface area contributed by atoms with Crippen LogP contribution in [-0.4, -0.2) is 27.0 Å². The number of hydrogen-bond acceptors (Lipinski definition) is 4. The fourth-order valence-electron chi connectivity index (χ4n) is 1.98. The molecule has 0 fully saturated rings. The highest BCUT2D eigenvalue weighted by molar-refractivity contribution is 5.93. The van der Waals surface area contributed by atoms with E-state index in [-0.39, 0.29) is 12.3 Å². The fraction of sp³-hybridized carbons (Fsp3) is 0.333. The summed E-state index contributed by atoms with van der Waals surface area (Å²) in [5, 5.41) is 11.5. The van der Waals surface area contributed by atoms with Gasteiger partial charge in [0.05, 0.1) is 0 Å². The van der Waals surface area contributed by atoms with E-state index in [2.05, 4.69) is 15.3 Å². The summed E-state index contributed by atoms with van der Waals surface area (Å²) in [4.78, 5) is 31.0. The van der Waals surface area contributed by atoms with Crippen LogP contribution in [0.25, 0.3) is 11.1 Å². The molecular formula is C18H21N3O3. The van der Waals surface area contributed by atoms with Gasteiger partial charge >= 0.3 is 5.97 Å². The van der Waals surface area contributed by atoms with Gasteiger partial charge in [0.1, 0.15) is 5.82 Å². The number of nitrogens with zero attached hydrogens (tertiary/aromatic N) is 2. The average molecular weight is 327 g/mol. The second-order valence-corrected chi connectivity index (χ2v) is 6.61. The van der Waals surface area contributed by atoms with Crippen LogP contribution in [0, 0.1) is 5.41 Å². The smallest absolute Gasteiger partial charge is 0.303 e. The van der Waals surface area contributed by atoms with E-state index in [1.807, 2.05) is 32.9 Å². The number of aliphatic carboxylic acids is 1. The zero-order valence-corrected chi connectivity index (χ0v) is 14.0. The fourth-order valence-corrected chi connectivity index (χ4v) is 1.98. The molecule has 0 aliphatic carbocycles. The number of nitrogens with one attached hydrogen (secondary N) is 1. The maximum Gasteiger partial charge on any atom is 0.303 e. The molecule has 126 valence electrons. The maximum atomic E-state index is 12.0. The van der Waals surface area contributed by atoms with Gasteiger partial charge in [-0.05, 0) is 30.2 Å². The summed E-state index contributed by atoms with van der Waals surface area (Å²) in [7, 11) is 0. The molecule has 0 radical (unpaired) electrons. The van der Waals surface area contributed by atoms with Crippen molar-refractivity contribution in [2.45, 2.75) is 33.6 Å². The Bertz CT molecular complexity index is 734. The number of aryl methyl sites for hydroxylation is 1. The molecular weight excluding hydrogens is 306 g/mol. The van der Waals surface area contributed by atoms with Crippen molar-refractivity contribution in [3.63, 3.8) is 0 Å². The van der Waals surface area contributed by atoms with Gasteiger partial charge in [-0.1, -0.05) is 20.8 Å². The number of carbonyl (C=O) groups excluding carboxylic acids is 1. The number of aromatic nitrogens is 2. The van der Waals surface area contributed by atoms with Crippen LogP contribution in [-0.2, 0) is 16.0 Å². The quantitative estimate of drug-likeness (QED) is 0.880. The third-order valence-corrected chi connectivity index (χ3v) is 3.44. The van der Waals surface area contributed by atoms with Crippen LogP contribution in [0.15, 0.2) is 36.8 Å². The molecule has 1 amide bonds. The standard InChI is InChI=1S/C18H21N3O3/c1-18(2,3)17(24)21-15-6-5-13(11-20-15)14-8-12(9-19-10-14)4-7-16(22)23/h5-6,8-11H,4,7H2,1-3H3,(H,22,23)(H,20,21,24). The van der Waals surface area contributed by atoms with E-state index in [0.29, 0.717) is 12.2 Å². The third-order valence-electron chi connectivity index (χ3n) is 3.44. The van der Waals surface area contributed by atoms with Gasteiger partial charge in [0.15, 0.2) is 0 Å². The zero-order chi connectivity index (χ0) is 17.7. The van der Waals surface area contributed by atoms with Crippen molar-refractivity contribution in [2.75, 3.05) is 5.32 Å². The lowest BCUT2D eigenvalue weighted by Crippen LogP contribution is -2.27. The largest absolute Gasteiger partial charge is 0.481 e. The van der Waals surface area contributed by atoms with Gasteiger partial charge in [-0.3, -0.25) is 14.6 Å². The number of pyridine rings is 2. The Kier molecular flexibility index (Phi) is 5.28. The molecule has 24 heavy (non-hydrogen) atoms. The minimum Gasteiger partial charge on any atom is -0.481 e. The first-order valence-corrected chi connectivity index (χ1v) is 7.69. The molecule has 2 N–H and O–H groups in total. The first-order chi connectivity index (χ1) is 11.3. The van der Waals surface area contributed by atoms with E-state index < -0.39 is 11.4 Å². The number of carbonyl (C=O) groups is 2. The molecule has 0 unspecified atom stereocenters. The average Bonchev–Trinajstić information content (AvgIpc) is 2.53. The summed E-state index contributed by atoms with van der Waals surface area (Å²) in [6.45, 7) is 5.51. The number of carboxylic acid groups (broad SMARTS) is 1. The minimum atomic E-state index is -0.832. The van der Waals surface area contributed by atoms with E-state index in [0.717, 1.165) is 16.7 Å². The van der Waals surface area contributed by atoms with E-state index in [1.54, 1.807) is 24.7 Å². The van der Waals surface area contributed by atoms with Crippen LogP contribution < -0.4 is 5.32 Å². The molecule has 0 bridgehead atoms. The van der Waals surface area contributed by atoms with Crippen LogP contribution >= 0.6 is 0 Å². The van der Waals surface area contributed by atoms with Gasteiger partial charge in [0.2, 0.25) is 5.91 Å². The highest BCUT2D eigenvalue weighted by Gasteiger charge is 2.21. The number of amides is 1. The molecule has 0 saturated carbocycles. The number of anilines is 1. The van der Waals surface area contributed by atoms with E-state index >= 15 is 0 Å². The molecule has 2 rings (SSSR count). The maximum absolute atomic E-state index is 12.0. The van der Waals surface area contributed by atoms with Crippen LogP contribution in [0.4, 0.5) is 5.82 Å². The monoisotopic (exact) mass is 327 g/mol. The van der Waals surface area contributed by atoms with Crippen molar-refractivity contribution in [1.29, 1.82) is 0 Å². The van der Waals surface area contributed by atoms with Crippen LogP contribution in [0.5, 0.6) is 0 Å². The summed E-state index contributed by atoms with van der Waals surface area (Å²) in [6, 6.07) is 5.49. The Balaban J connectivity index is 2.12. The summed E-state index contributed by atoms with van der Waals surface area (Å²) >= 11 is 0. The lowest BCUT2D eigenvalue weighted by molar-refractivity contribution is -0.137. The van der Waals surface area contributed by atoms with Crippen LogP contribution in [0.3, 0.4) is 0 Å². The summed E-state index contributed by atoms with van der Waals surface area (Å²) < 4.78 is 0. The minimum absolute atomic E-state index is 0.0706. The molecule has 6 heteroatoms. The van der Waals surface area contributed by atoms with Gasteiger partial charge in [-0.25, -0.2) is 4.98 Å². The van der Waals surface area contributed by atoms with E-state index in [9.17, 15) is 9.59 Å². The van der Waals surface area contributed by atoms with Crippen molar-refractivity contribution >= 4 is 17.7 Å². The summed E-state index contributed by atoms with van der Waals surface area (Å²) in [6.07, 6.45) is 5.53. The molecule has 6 nitrogen and oxygen atoms in total. The highest BCUT2D eigenvalue weighted by Crippen LogP contribution is 2.21. The van der Waals surface area contributed by atoms with Crippen LogP contribution in [0.1, 0.15) is 32.8 Å². The number of carboxylic acids is 1. The number of hydrogen-bond donors (Lipinski definition) is 2. The molecule has 0 saturated heterocycles. The third kappa shape index (κ3) is 4.87. The molecule has 2 heterocycles. The molecule has 2 aromatic heterocycles. The molecule has 2 aromatic rings. The Morgan fingerprint density at radius 1 is 1.12 bits per heavy atom. The number of rotatable bonds is 5. The Labute approximate surface area is 141 Å². The first-order valence-electron chi connectivity index (χ1n) is 7.69.